The average molecular weight is 475 g/mol. The van der Waals surface area contributed by atoms with Crippen LogP contribution < -0.4 is 9.47 Å². The van der Waals surface area contributed by atoms with E-state index in [1.165, 1.54) is 11.1 Å². The van der Waals surface area contributed by atoms with E-state index in [9.17, 15) is 4.79 Å². The third-order valence-electron chi connectivity index (χ3n) is 7.38. The van der Waals surface area contributed by atoms with E-state index in [0.717, 1.165) is 50.4 Å². The monoisotopic (exact) mass is 474 g/mol. The summed E-state index contributed by atoms with van der Waals surface area (Å²) in [4.78, 5) is 17.8. The van der Waals surface area contributed by atoms with Crippen molar-refractivity contribution in [1.82, 2.24) is 9.80 Å². The number of hydrogen-bond donors (Lipinski definition) is 0. The molecule has 2 aromatic carbocycles. The molecule has 3 aromatic rings. The minimum absolute atomic E-state index is 0.0379. The molecule has 0 spiro atoms. The third-order valence-corrected chi connectivity index (χ3v) is 7.38. The Labute approximate surface area is 207 Å². The molecule has 0 aliphatic carbocycles. The molecular formula is C29H34N2O4. The normalized spacial score (nSPS) is 17.2. The van der Waals surface area contributed by atoms with Crippen molar-refractivity contribution < 1.29 is 18.7 Å². The highest BCUT2D eigenvalue weighted by atomic mass is 16.6. The number of amides is 1. The van der Waals surface area contributed by atoms with E-state index in [0.29, 0.717) is 30.5 Å². The molecule has 0 radical (unpaired) electrons. The Bertz CT molecular complexity index is 1130. The van der Waals surface area contributed by atoms with Crippen molar-refractivity contribution in [2.24, 2.45) is 5.92 Å². The van der Waals surface area contributed by atoms with E-state index >= 15 is 0 Å². The van der Waals surface area contributed by atoms with Crippen molar-refractivity contribution in [2.75, 3.05) is 33.4 Å². The topological polar surface area (TPSA) is 55.2 Å². The van der Waals surface area contributed by atoms with Gasteiger partial charge in [-0.05, 0) is 74.5 Å². The number of benzene rings is 2. The number of likely N-dealkylation sites (tertiary alicyclic amines) is 1. The fraction of sp³-hybridized carbons (Fsp3) is 0.414. The SMILES string of the molecule is Cc1occc1C(=O)N(C)C(Cc1ccccc1)C1CCN(Cc2ccc3c(c2)OCCO3)CC1. The molecule has 1 unspecified atom stereocenters. The maximum absolute atomic E-state index is 13.4. The minimum Gasteiger partial charge on any atom is -0.486 e. The van der Waals surface area contributed by atoms with Gasteiger partial charge in [-0.1, -0.05) is 36.4 Å². The second kappa shape index (κ2) is 10.6. The second-order valence-corrected chi connectivity index (χ2v) is 9.66. The van der Waals surface area contributed by atoms with Gasteiger partial charge in [-0.3, -0.25) is 9.69 Å². The Morgan fingerprint density at radius 1 is 1.00 bits per heavy atom. The standard InChI is InChI=1S/C29H34N2O4/c1-21-25(12-15-33-21)29(32)30(2)26(18-22-6-4-3-5-7-22)24-10-13-31(14-11-24)20-23-8-9-27-28(19-23)35-17-16-34-27/h3-9,12,15,19,24,26H,10-11,13-14,16-18,20H2,1-2H3. The molecule has 1 aromatic heterocycles. The Morgan fingerprint density at radius 3 is 2.46 bits per heavy atom. The molecule has 1 fully saturated rings. The Kier molecular flexibility index (Phi) is 7.09. The number of nitrogens with zero attached hydrogens (tertiary/aromatic N) is 2. The van der Waals surface area contributed by atoms with E-state index in [1.807, 2.05) is 31.0 Å². The molecular weight excluding hydrogens is 440 g/mol. The summed E-state index contributed by atoms with van der Waals surface area (Å²) in [6, 6.07) is 18.7. The van der Waals surface area contributed by atoms with Crippen molar-refractivity contribution in [2.45, 2.75) is 38.8 Å². The van der Waals surface area contributed by atoms with Gasteiger partial charge in [0.15, 0.2) is 11.5 Å². The molecule has 0 N–H and O–H groups in total. The molecule has 3 heterocycles. The van der Waals surface area contributed by atoms with Gasteiger partial charge in [0.05, 0.1) is 11.8 Å². The molecule has 6 nitrogen and oxygen atoms in total. The van der Waals surface area contributed by atoms with Crippen LogP contribution in [0.2, 0.25) is 0 Å². The summed E-state index contributed by atoms with van der Waals surface area (Å²) in [6.45, 7) is 5.99. The van der Waals surface area contributed by atoms with Crippen molar-refractivity contribution in [3.63, 3.8) is 0 Å². The Balaban J connectivity index is 1.26. The lowest BCUT2D eigenvalue weighted by Crippen LogP contribution is -2.47. The fourth-order valence-electron chi connectivity index (χ4n) is 5.36. The molecule has 1 atom stereocenters. The second-order valence-electron chi connectivity index (χ2n) is 9.66. The molecule has 0 saturated carbocycles. The zero-order chi connectivity index (χ0) is 24.2. The number of furan rings is 1. The molecule has 0 bridgehead atoms. The van der Waals surface area contributed by atoms with E-state index in [2.05, 4.69) is 41.3 Å². The zero-order valence-electron chi connectivity index (χ0n) is 20.6. The molecule has 1 saturated heterocycles. The van der Waals surface area contributed by atoms with Gasteiger partial charge in [0, 0.05) is 19.6 Å². The van der Waals surface area contributed by atoms with E-state index in [4.69, 9.17) is 13.9 Å². The van der Waals surface area contributed by atoms with Crippen LogP contribution in [0.25, 0.3) is 0 Å². The fourth-order valence-corrected chi connectivity index (χ4v) is 5.36. The number of carbonyl (C=O) groups excluding carboxylic acids is 1. The lowest BCUT2D eigenvalue weighted by atomic mass is 9.84. The van der Waals surface area contributed by atoms with E-state index in [-0.39, 0.29) is 11.9 Å². The summed E-state index contributed by atoms with van der Waals surface area (Å²) in [5, 5.41) is 0. The summed E-state index contributed by atoms with van der Waals surface area (Å²) >= 11 is 0. The predicted octanol–water partition coefficient (Wildman–Crippen LogP) is 4.95. The summed E-state index contributed by atoms with van der Waals surface area (Å²) in [5.41, 5.74) is 3.16. The first-order valence-electron chi connectivity index (χ1n) is 12.5. The first-order chi connectivity index (χ1) is 17.1. The van der Waals surface area contributed by atoms with Crippen LogP contribution in [0.4, 0.5) is 0 Å². The van der Waals surface area contributed by atoms with Crippen LogP contribution in [-0.4, -0.2) is 55.1 Å². The maximum Gasteiger partial charge on any atom is 0.257 e. The van der Waals surface area contributed by atoms with Crippen LogP contribution >= 0.6 is 0 Å². The van der Waals surface area contributed by atoms with Gasteiger partial charge in [-0.15, -0.1) is 0 Å². The molecule has 1 amide bonds. The molecule has 2 aliphatic rings. The van der Waals surface area contributed by atoms with Crippen molar-refractivity contribution in [1.29, 1.82) is 0 Å². The van der Waals surface area contributed by atoms with Crippen LogP contribution in [0.3, 0.4) is 0 Å². The number of piperidine rings is 1. The number of hydrogen-bond acceptors (Lipinski definition) is 5. The van der Waals surface area contributed by atoms with E-state index in [1.54, 1.807) is 12.3 Å². The van der Waals surface area contributed by atoms with E-state index < -0.39 is 0 Å². The van der Waals surface area contributed by atoms with Gasteiger partial charge in [-0.2, -0.15) is 0 Å². The minimum atomic E-state index is 0.0379. The van der Waals surface area contributed by atoms with Gasteiger partial charge in [-0.25, -0.2) is 0 Å². The highest BCUT2D eigenvalue weighted by Crippen LogP contribution is 2.32. The number of likely N-dealkylation sites (N-methyl/N-ethyl adjacent to an activating group) is 1. The highest BCUT2D eigenvalue weighted by Gasteiger charge is 2.32. The summed E-state index contributed by atoms with van der Waals surface area (Å²) in [5.74, 6) is 2.84. The van der Waals surface area contributed by atoms with Gasteiger partial charge >= 0.3 is 0 Å². The molecule has 2 aliphatic heterocycles. The molecule has 184 valence electrons. The Hall–Kier alpha value is -3.25. The average Bonchev–Trinajstić information content (AvgIpc) is 3.33. The van der Waals surface area contributed by atoms with Crippen LogP contribution in [0, 0.1) is 12.8 Å². The molecule has 6 heteroatoms. The quantitative estimate of drug-likeness (QED) is 0.485. The molecule has 35 heavy (non-hydrogen) atoms. The largest absolute Gasteiger partial charge is 0.486 e. The Morgan fingerprint density at radius 2 is 1.74 bits per heavy atom. The van der Waals surface area contributed by atoms with Crippen LogP contribution in [-0.2, 0) is 13.0 Å². The number of fused-ring (bicyclic) bond motifs is 1. The van der Waals surface area contributed by atoms with Gasteiger partial charge < -0.3 is 18.8 Å². The number of aryl methyl sites for hydroxylation is 1. The van der Waals surface area contributed by atoms with Crippen molar-refractivity contribution in [3.8, 4) is 11.5 Å². The summed E-state index contributed by atoms with van der Waals surface area (Å²) < 4.78 is 16.8. The van der Waals surface area contributed by atoms with Gasteiger partial charge in [0.1, 0.15) is 19.0 Å². The molecule has 5 rings (SSSR count). The van der Waals surface area contributed by atoms with Crippen LogP contribution in [0.5, 0.6) is 11.5 Å². The van der Waals surface area contributed by atoms with Crippen LogP contribution in [0.1, 0.15) is 40.1 Å². The highest BCUT2D eigenvalue weighted by molar-refractivity contribution is 5.95. The van der Waals surface area contributed by atoms with Gasteiger partial charge in [0.2, 0.25) is 0 Å². The summed E-state index contributed by atoms with van der Waals surface area (Å²) in [6.07, 6.45) is 4.57. The van der Waals surface area contributed by atoms with Crippen molar-refractivity contribution >= 4 is 5.91 Å². The van der Waals surface area contributed by atoms with Crippen LogP contribution in [0.15, 0.2) is 65.3 Å². The third kappa shape index (κ3) is 5.38. The number of carbonyl (C=O) groups is 1. The van der Waals surface area contributed by atoms with Crippen molar-refractivity contribution in [3.05, 3.63) is 83.3 Å². The lowest BCUT2D eigenvalue weighted by molar-refractivity contribution is 0.0583. The zero-order valence-corrected chi connectivity index (χ0v) is 20.6. The first-order valence-corrected chi connectivity index (χ1v) is 12.5. The smallest absolute Gasteiger partial charge is 0.257 e. The first kappa shape index (κ1) is 23.5. The lowest BCUT2D eigenvalue weighted by Gasteiger charge is -2.40. The van der Waals surface area contributed by atoms with Gasteiger partial charge in [0.25, 0.3) is 5.91 Å². The predicted molar refractivity (Wildman–Crippen MR) is 135 cm³/mol. The maximum atomic E-state index is 13.4. The number of rotatable bonds is 7. The summed E-state index contributed by atoms with van der Waals surface area (Å²) in [7, 11) is 1.95. The number of ether oxygens (including phenoxy) is 2.